The normalized spacial score (nSPS) is 11.6. The SMILES string of the molecule is Nc1cc(F)ccc1S(=O)(=O)Cc1cc(Br)ccc1F. The Bertz CT molecular complexity index is 763. The van der Waals surface area contributed by atoms with E-state index < -0.39 is 27.2 Å². The van der Waals surface area contributed by atoms with Crippen molar-refractivity contribution < 1.29 is 17.2 Å². The molecular weight excluding hydrogens is 352 g/mol. The summed E-state index contributed by atoms with van der Waals surface area (Å²) in [4.78, 5) is -0.210. The number of anilines is 1. The second-order valence-corrected chi connectivity index (χ2v) is 7.05. The fourth-order valence-electron chi connectivity index (χ4n) is 1.74. The maximum absolute atomic E-state index is 13.6. The molecule has 0 aliphatic rings. The van der Waals surface area contributed by atoms with Crippen molar-refractivity contribution in [3.05, 3.63) is 58.1 Å². The zero-order chi connectivity index (χ0) is 14.9. The summed E-state index contributed by atoms with van der Waals surface area (Å²) in [6.45, 7) is 0. The van der Waals surface area contributed by atoms with Crippen molar-refractivity contribution in [2.45, 2.75) is 10.6 Å². The lowest BCUT2D eigenvalue weighted by molar-refractivity contribution is 0.586. The van der Waals surface area contributed by atoms with E-state index in [0.29, 0.717) is 4.47 Å². The average Bonchev–Trinajstić information content (AvgIpc) is 2.33. The van der Waals surface area contributed by atoms with Crippen LogP contribution in [0.1, 0.15) is 5.56 Å². The third-order valence-corrected chi connectivity index (χ3v) is 4.89. The molecule has 0 aromatic heterocycles. The fourth-order valence-corrected chi connectivity index (χ4v) is 3.63. The number of benzene rings is 2. The lowest BCUT2D eigenvalue weighted by Crippen LogP contribution is -2.09. The van der Waals surface area contributed by atoms with Gasteiger partial charge in [0.2, 0.25) is 0 Å². The zero-order valence-corrected chi connectivity index (χ0v) is 12.5. The Hall–Kier alpha value is -1.47. The molecule has 3 nitrogen and oxygen atoms in total. The summed E-state index contributed by atoms with van der Waals surface area (Å²) in [5.74, 6) is -1.80. The molecule has 0 unspecified atom stereocenters. The van der Waals surface area contributed by atoms with Crippen LogP contribution in [0, 0.1) is 11.6 Å². The second kappa shape index (κ2) is 5.49. The molecule has 0 heterocycles. The van der Waals surface area contributed by atoms with Crippen molar-refractivity contribution >= 4 is 31.5 Å². The molecule has 0 radical (unpaired) electrons. The summed E-state index contributed by atoms with van der Waals surface area (Å²) in [6, 6.07) is 7.02. The van der Waals surface area contributed by atoms with Crippen LogP contribution in [0.25, 0.3) is 0 Å². The number of halogens is 3. The van der Waals surface area contributed by atoms with E-state index in [1.54, 1.807) is 0 Å². The number of hydrogen-bond acceptors (Lipinski definition) is 3. The average molecular weight is 362 g/mol. The maximum atomic E-state index is 13.6. The van der Waals surface area contributed by atoms with Crippen molar-refractivity contribution in [2.24, 2.45) is 0 Å². The van der Waals surface area contributed by atoms with Gasteiger partial charge in [-0.25, -0.2) is 17.2 Å². The summed E-state index contributed by atoms with van der Waals surface area (Å²) < 4.78 is 51.5. The predicted molar refractivity (Wildman–Crippen MR) is 75.8 cm³/mol. The number of nitrogen functional groups attached to an aromatic ring is 1. The van der Waals surface area contributed by atoms with Gasteiger partial charge in [-0.2, -0.15) is 0 Å². The van der Waals surface area contributed by atoms with Gasteiger partial charge >= 0.3 is 0 Å². The van der Waals surface area contributed by atoms with Crippen LogP contribution < -0.4 is 5.73 Å². The molecule has 20 heavy (non-hydrogen) atoms. The Morgan fingerprint density at radius 2 is 1.80 bits per heavy atom. The van der Waals surface area contributed by atoms with E-state index in [-0.39, 0.29) is 16.1 Å². The summed E-state index contributed by atoms with van der Waals surface area (Å²) >= 11 is 3.15. The molecule has 2 rings (SSSR count). The molecule has 0 aliphatic carbocycles. The fraction of sp³-hybridized carbons (Fsp3) is 0.0769. The molecular formula is C13H10BrF2NO2S. The monoisotopic (exact) mass is 361 g/mol. The Balaban J connectivity index is 2.43. The zero-order valence-electron chi connectivity index (χ0n) is 10.1. The van der Waals surface area contributed by atoms with Gasteiger partial charge in [0.05, 0.1) is 16.3 Å². The van der Waals surface area contributed by atoms with Gasteiger partial charge in [-0.1, -0.05) is 15.9 Å². The lowest BCUT2D eigenvalue weighted by atomic mass is 10.2. The number of nitrogens with two attached hydrogens (primary N) is 1. The van der Waals surface area contributed by atoms with Crippen molar-refractivity contribution in [3.63, 3.8) is 0 Å². The highest BCUT2D eigenvalue weighted by atomic mass is 79.9. The van der Waals surface area contributed by atoms with Crippen molar-refractivity contribution in [1.82, 2.24) is 0 Å². The Kier molecular flexibility index (Phi) is 4.10. The van der Waals surface area contributed by atoms with E-state index in [1.165, 1.54) is 18.2 Å². The highest BCUT2D eigenvalue weighted by molar-refractivity contribution is 9.10. The van der Waals surface area contributed by atoms with Crippen LogP contribution in [-0.4, -0.2) is 8.42 Å². The van der Waals surface area contributed by atoms with Gasteiger partial charge in [-0.05, 0) is 36.4 Å². The number of hydrogen-bond donors (Lipinski definition) is 1. The summed E-state index contributed by atoms with van der Waals surface area (Å²) in [5.41, 5.74) is 5.33. The lowest BCUT2D eigenvalue weighted by Gasteiger charge is -2.08. The molecule has 0 saturated heterocycles. The minimum absolute atomic E-state index is 0.0168. The van der Waals surface area contributed by atoms with E-state index in [9.17, 15) is 17.2 Å². The highest BCUT2D eigenvalue weighted by Gasteiger charge is 2.20. The summed E-state index contributed by atoms with van der Waals surface area (Å²) in [7, 11) is -3.85. The first-order valence-electron chi connectivity index (χ1n) is 5.51. The molecule has 2 aromatic carbocycles. The van der Waals surface area contributed by atoms with Crippen LogP contribution in [0.3, 0.4) is 0 Å². The highest BCUT2D eigenvalue weighted by Crippen LogP contribution is 2.25. The van der Waals surface area contributed by atoms with Crippen molar-refractivity contribution in [3.8, 4) is 0 Å². The second-order valence-electron chi connectivity index (χ2n) is 4.18. The van der Waals surface area contributed by atoms with E-state index in [2.05, 4.69) is 15.9 Å². The molecule has 106 valence electrons. The molecule has 0 fully saturated rings. The van der Waals surface area contributed by atoms with Crippen LogP contribution in [0.5, 0.6) is 0 Å². The van der Waals surface area contributed by atoms with E-state index in [0.717, 1.165) is 18.2 Å². The van der Waals surface area contributed by atoms with Crippen LogP contribution in [0.2, 0.25) is 0 Å². The Morgan fingerprint density at radius 1 is 1.10 bits per heavy atom. The quantitative estimate of drug-likeness (QED) is 0.673. The van der Waals surface area contributed by atoms with Crippen molar-refractivity contribution in [2.75, 3.05) is 5.73 Å². The Labute approximate surface area is 123 Å². The minimum Gasteiger partial charge on any atom is -0.398 e. The van der Waals surface area contributed by atoms with Gasteiger partial charge in [0.15, 0.2) is 9.84 Å². The van der Waals surface area contributed by atoms with Gasteiger partial charge in [-0.3, -0.25) is 0 Å². The summed E-state index contributed by atoms with van der Waals surface area (Å²) in [6.07, 6.45) is 0. The van der Waals surface area contributed by atoms with Crippen LogP contribution >= 0.6 is 15.9 Å². The van der Waals surface area contributed by atoms with Gasteiger partial charge in [0, 0.05) is 10.0 Å². The van der Waals surface area contributed by atoms with Crippen LogP contribution in [0.15, 0.2) is 45.8 Å². The van der Waals surface area contributed by atoms with Gasteiger partial charge < -0.3 is 5.73 Å². The predicted octanol–water partition coefficient (Wildman–Crippen LogP) is 3.28. The van der Waals surface area contributed by atoms with Crippen molar-refractivity contribution in [1.29, 1.82) is 0 Å². The molecule has 0 bridgehead atoms. The third kappa shape index (κ3) is 3.16. The standard InChI is InChI=1S/C13H10BrF2NO2S/c14-9-1-3-11(16)8(5-9)7-20(18,19)13-4-2-10(15)6-12(13)17/h1-6H,7,17H2. The molecule has 0 amide bonds. The van der Waals surface area contributed by atoms with Gasteiger partial charge in [0.25, 0.3) is 0 Å². The summed E-state index contributed by atoms with van der Waals surface area (Å²) in [5, 5.41) is 0. The van der Waals surface area contributed by atoms with Gasteiger partial charge in [-0.15, -0.1) is 0 Å². The largest absolute Gasteiger partial charge is 0.398 e. The van der Waals surface area contributed by atoms with Gasteiger partial charge in [0.1, 0.15) is 11.6 Å². The Morgan fingerprint density at radius 3 is 2.45 bits per heavy atom. The van der Waals surface area contributed by atoms with E-state index in [1.807, 2.05) is 0 Å². The molecule has 2 aromatic rings. The molecule has 2 N–H and O–H groups in total. The smallest absolute Gasteiger partial charge is 0.184 e. The first kappa shape index (κ1) is 14.9. The van der Waals surface area contributed by atoms with E-state index >= 15 is 0 Å². The molecule has 0 aliphatic heterocycles. The first-order valence-corrected chi connectivity index (χ1v) is 7.96. The topological polar surface area (TPSA) is 60.2 Å². The molecule has 7 heteroatoms. The number of sulfone groups is 1. The van der Waals surface area contributed by atoms with Crippen LogP contribution in [-0.2, 0) is 15.6 Å². The van der Waals surface area contributed by atoms with E-state index in [4.69, 9.17) is 5.73 Å². The molecule has 0 spiro atoms. The third-order valence-electron chi connectivity index (χ3n) is 2.66. The molecule has 0 atom stereocenters. The molecule has 0 saturated carbocycles. The number of rotatable bonds is 3. The van der Waals surface area contributed by atoms with Crippen LogP contribution in [0.4, 0.5) is 14.5 Å². The maximum Gasteiger partial charge on any atom is 0.184 e. The minimum atomic E-state index is -3.85. The first-order chi connectivity index (χ1) is 9.29.